The SMILES string of the molecule is COc1c(CO)cc(Cl)cc1S(=O)(=O)N1CC(C)CC1C. The van der Waals surface area contributed by atoms with Crippen LogP contribution in [0.4, 0.5) is 0 Å². The van der Waals surface area contributed by atoms with E-state index in [9.17, 15) is 13.5 Å². The Morgan fingerprint density at radius 3 is 2.57 bits per heavy atom. The molecule has 21 heavy (non-hydrogen) atoms. The van der Waals surface area contributed by atoms with Gasteiger partial charge in [0, 0.05) is 23.2 Å². The Morgan fingerprint density at radius 1 is 1.43 bits per heavy atom. The van der Waals surface area contributed by atoms with Gasteiger partial charge >= 0.3 is 0 Å². The van der Waals surface area contributed by atoms with Gasteiger partial charge in [0.1, 0.15) is 10.6 Å². The Labute approximate surface area is 130 Å². The second-order valence-corrected chi connectivity index (χ2v) is 7.81. The summed E-state index contributed by atoms with van der Waals surface area (Å²) in [5.41, 5.74) is 0.364. The maximum absolute atomic E-state index is 12.9. The molecule has 1 aromatic rings. The van der Waals surface area contributed by atoms with E-state index in [2.05, 4.69) is 0 Å². The minimum Gasteiger partial charge on any atom is -0.495 e. The highest BCUT2D eigenvalue weighted by molar-refractivity contribution is 7.89. The standard InChI is InChI=1S/C14H20ClNO4S/c1-9-4-10(2)16(7-9)21(18,19)13-6-12(15)5-11(8-17)14(13)20-3/h5-6,9-10,17H,4,7-8H2,1-3H3. The van der Waals surface area contributed by atoms with Crippen molar-refractivity contribution in [3.8, 4) is 5.75 Å². The van der Waals surface area contributed by atoms with E-state index < -0.39 is 10.0 Å². The van der Waals surface area contributed by atoms with Crippen LogP contribution in [0.3, 0.4) is 0 Å². The number of halogens is 1. The Morgan fingerprint density at radius 2 is 2.10 bits per heavy atom. The van der Waals surface area contributed by atoms with Gasteiger partial charge in [0.2, 0.25) is 10.0 Å². The van der Waals surface area contributed by atoms with E-state index in [-0.39, 0.29) is 28.3 Å². The van der Waals surface area contributed by atoms with E-state index in [4.69, 9.17) is 16.3 Å². The van der Waals surface area contributed by atoms with Crippen molar-refractivity contribution < 1.29 is 18.3 Å². The van der Waals surface area contributed by atoms with Gasteiger partial charge in [0.15, 0.2) is 0 Å². The van der Waals surface area contributed by atoms with E-state index in [1.165, 1.54) is 23.5 Å². The second-order valence-electron chi connectivity index (χ2n) is 5.52. The molecule has 0 radical (unpaired) electrons. The first-order valence-corrected chi connectivity index (χ1v) is 8.62. The summed E-state index contributed by atoms with van der Waals surface area (Å²) in [5.74, 6) is 0.478. The molecule has 5 nitrogen and oxygen atoms in total. The lowest BCUT2D eigenvalue weighted by molar-refractivity contribution is 0.272. The number of nitrogens with zero attached hydrogens (tertiary/aromatic N) is 1. The monoisotopic (exact) mass is 333 g/mol. The van der Waals surface area contributed by atoms with Crippen LogP contribution in [0.1, 0.15) is 25.8 Å². The van der Waals surface area contributed by atoms with E-state index in [1.807, 2.05) is 13.8 Å². The molecule has 2 atom stereocenters. The number of hydrogen-bond acceptors (Lipinski definition) is 4. The molecule has 0 aromatic heterocycles. The molecule has 0 saturated carbocycles. The van der Waals surface area contributed by atoms with Gasteiger partial charge in [-0.15, -0.1) is 0 Å². The van der Waals surface area contributed by atoms with Crippen molar-refractivity contribution in [3.63, 3.8) is 0 Å². The quantitative estimate of drug-likeness (QED) is 0.917. The average Bonchev–Trinajstić information content (AvgIpc) is 2.77. The molecule has 2 rings (SSSR count). The van der Waals surface area contributed by atoms with Gasteiger partial charge in [-0.25, -0.2) is 8.42 Å². The van der Waals surface area contributed by atoms with Crippen LogP contribution in [-0.2, 0) is 16.6 Å². The number of aliphatic hydroxyl groups is 1. The molecule has 1 fully saturated rings. The summed E-state index contributed by atoms with van der Waals surface area (Å²) in [6.07, 6.45) is 0.828. The fraction of sp³-hybridized carbons (Fsp3) is 0.571. The molecule has 0 bridgehead atoms. The first-order chi connectivity index (χ1) is 9.81. The van der Waals surface area contributed by atoms with Crippen LogP contribution in [0.15, 0.2) is 17.0 Å². The third-order valence-corrected chi connectivity index (χ3v) is 5.99. The van der Waals surface area contributed by atoms with Crippen molar-refractivity contribution in [1.82, 2.24) is 4.31 Å². The third kappa shape index (κ3) is 3.04. The van der Waals surface area contributed by atoms with Crippen LogP contribution in [-0.4, -0.2) is 37.5 Å². The van der Waals surface area contributed by atoms with Crippen molar-refractivity contribution >= 4 is 21.6 Å². The number of rotatable bonds is 4. The average molecular weight is 334 g/mol. The highest BCUT2D eigenvalue weighted by Crippen LogP contribution is 2.37. The van der Waals surface area contributed by atoms with Crippen molar-refractivity contribution in [2.45, 2.75) is 37.8 Å². The zero-order valence-electron chi connectivity index (χ0n) is 12.3. The molecule has 0 spiro atoms. The molecule has 1 aliphatic rings. The van der Waals surface area contributed by atoms with Crippen LogP contribution in [0.5, 0.6) is 5.75 Å². The normalized spacial score (nSPS) is 23.5. The summed E-state index contributed by atoms with van der Waals surface area (Å²) in [5, 5.41) is 9.64. The molecule has 1 heterocycles. The number of methoxy groups -OCH3 is 1. The first-order valence-electron chi connectivity index (χ1n) is 6.80. The number of benzene rings is 1. The Hall–Kier alpha value is -0.820. The smallest absolute Gasteiger partial charge is 0.247 e. The van der Waals surface area contributed by atoms with Crippen LogP contribution in [0.25, 0.3) is 0 Å². The highest BCUT2D eigenvalue weighted by Gasteiger charge is 2.38. The van der Waals surface area contributed by atoms with E-state index in [1.54, 1.807) is 0 Å². The fourth-order valence-electron chi connectivity index (χ4n) is 2.89. The summed E-state index contributed by atoms with van der Waals surface area (Å²) in [6, 6.07) is 2.83. The van der Waals surface area contributed by atoms with Gasteiger partial charge < -0.3 is 9.84 Å². The topological polar surface area (TPSA) is 66.8 Å². The summed E-state index contributed by atoms with van der Waals surface area (Å²) < 4.78 is 32.5. The summed E-state index contributed by atoms with van der Waals surface area (Å²) >= 11 is 5.99. The Kier molecular flexibility index (Phi) is 4.82. The lowest BCUT2D eigenvalue weighted by Gasteiger charge is -2.23. The molecule has 118 valence electrons. The van der Waals surface area contributed by atoms with Gasteiger partial charge in [-0.05, 0) is 31.4 Å². The number of ether oxygens (including phenoxy) is 1. The third-order valence-electron chi connectivity index (χ3n) is 3.78. The van der Waals surface area contributed by atoms with Crippen molar-refractivity contribution in [2.75, 3.05) is 13.7 Å². The lowest BCUT2D eigenvalue weighted by atomic mass is 10.1. The molecule has 2 unspecified atom stereocenters. The highest BCUT2D eigenvalue weighted by atomic mass is 35.5. The molecule has 7 heteroatoms. The number of hydrogen-bond donors (Lipinski definition) is 1. The maximum Gasteiger partial charge on any atom is 0.247 e. The molecule has 1 saturated heterocycles. The van der Waals surface area contributed by atoms with Gasteiger partial charge in [0.05, 0.1) is 13.7 Å². The zero-order chi connectivity index (χ0) is 15.8. The van der Waals surface area contributed by atoms with Gasteiger partial charge in [-0.2, -0.15) is 4.31 Å². The molecule has 0 amide bonds. The predicted molar refractivity (Wildman–Crippen MR) is 81.1 cm³/mol. The van der Waals surface area contributed by atoms with Gasteiger partial charge in [0.25, 0.3) is 0 Å². The van der Waals surface area contributed by atoms with E-state index in [0.717, 1.165) is 6.42 Å². The zero-order valence-corrected chi connectivity index (χ0v) is 13.9. The van der Waals surface area contributed by atoms with E-state index in [0.29, 0.717) is 18.0 Å². The summed E-state index contributed by atoms with van der Waals surface area (Å²) in [7, 11) is -2.32. The van der Waals surface area contributed by atoms with Crippen LogP contribution in [0, 0.1) is 5.92 Å². The van der Waals surface area contributed by atoms with Gasteiger partial charge in [-0.1, -0.05) is 18.5 Å². The van der Waals surface area contributed by atoms with Crippen LogP contribution in [0.2, 0.25) is 5.02 Å². The van der Waals surface area contributed by atoms with Crippen LogP contribution < -0.4 is 4.74 Å². The van der Waals surface area contributed by atoms with Crippen LogP contribution >= 0.6 is 11.6 Å². The Bertz CT molecular complexity index is 632. The van der Waals surface area contributed by atoms with Crippen molar-refractivity contribution in [2.24, 2.45) is 5.92 Å². The molecule has 1 aliphatic heterocycles. The second kappa shape index (κ2) is 6.12. The summed E-state index contributed by atoms with van der Waals surface area (Å²) in [6.45, 7) is 4.07. The minimum atomic E-state index is -3.71. The largest absolute Gasteiger partial charge is 0.495 e. The fourth-order valence-corrected chi connectivity index (χ4v) is 5.18. The predicted octanol–water partition coefficient (Wildman–Crippen LogP) is 2.26. The molecular formula is C14H20ClNO4S. The minimum absolute atomic E-state index is 0.0162. The molecule has 0 aliphatic carbocycles. The number of aliphatic hydroxyl groups excluding tert-OH is 1. The van der Waals surface area contributed by atoms with E-state index >= 15 is 0 Å². The first kappa shape index (κ1) is 16.5. The van der Waals surface area contributed by atoms with Crippen molar-refractivity contribution in [1.29, 1.82) is 0 Å². The molecule has 1 aromatic carbocycles. The molecule has 1 N–H and O–H groups in total. The Balaban J connectivity index is 2.57. The molecular weight excluding hydrogens is 314 g/mol. The summed E-state index contributed by atoms with van der Waals surface area (Å²) in [4.78, 5) is 0.0162. The number of sulfonamides is 1. The maximum atomic E-state index is 12.9. The lowest BCUT2D eigenvalue weighted by Crippen LogP contribution is -2.34. The van der Waals surface area contributed by atoms with Crippen molar-refractivity contribution in [3.05, 3.63) is 22.7 Å². The van der Waals surface area contributed by atoms with Gasteiger partial charge in [-0.3, -0.25) is 0 Å².